The number of piperidine rings is 1. The minimum absolute atomic E-state index is 0.120. The average molecular weight is 460 g/mol. The molecule has 0 radical (unpaired) electrons. The van der Waals surface area contributed by atoms with E-state index in [0.717, 1.165) is 60.6 Å². The Bertz CT molecular complexity index is 847. The largest absolute Gasteiger partial charge is 0.339 e. The van der Waals surface area contributed by atoms with Crippen LogP contribution < -0.4 is 0 Å². The van der Waals surface area contributed by atoms with E-state index < -0.39 is 0 Å². The summed E-state index contributed by atoms with van der Waals surface area (Å²) in [5.41, 5.74) is 2.75. The highest BCUT2D eigenvalue weighted by molar-refractivity contribution is 9.10. The molecule has 2 aliphatic heterocycles. The summed E-state index contributed by atoms with van der Waals surface area (Å²) in [6.07, 6.45) is 5.80. The molecule has 5 heteroatoms. The number of amides is 1. The van der Waals surface area contributed by atoms with Crippen molar-refractivity contribution in [2.24, 2.45) is 5.41 Å². The summed E-state index contributed by atoms with van der Waals surface area (Å²) in [4.78, 5) is 17.0. The molecule has 146 valence electrons. The van der Waals surface area contributed by atoms with Gasteiger partial charge in [0.1, 0.15) is 0 Å². The molecular weight excluding hydrogens is 436 g/mol. The molecule has 0 atom stereocenters. The molecule has 3 nitrogen and oxygen atoms in total. The number of carbonyl (C=O) groups is 1. The summed E-state index contributed by atoms with van der Waals surface area (Å²) >= 11 is 9.39. The molecular formula is C23H24BrClN2O. The van der Waals surface area contributed by atoms with Crippen molar-refractivity contribution in [3.05, 3.63) is 75.2 Å². The first-order valence-corrected chi connectivity index (χ1v) is 10.9. The van der Waals surface area contributed by atoms with Crippen molar-refractivity contribution in [2.75, 3.05) is 26.2 Å². The minimum atomic E-state index is 0.120. The minimum Gasteiger partial charge on any atom is -0.339 e. The van der Waals surface area contributed by atoms with Crippen molar-refractivity contribution in [1.29, 1.82) is 0 Å². The molecule has 1 spiro atoms. The van der Waals surface area contributed by atoms with Crippen LogP contribution in [0.5, 0.6) is 0 Å². The number of nitrogens with zero attached hydrogens (tertiary/aromatic N) is 2. The van der Waals surface area contributed by atoms with Gasteiger partial charge in [-0.25, -0.2) is 0 Å². The SMILES string of the molecule is O=C(/C=C/c1ccc(Br)cc1)N1CCC2(CC1)CN(Cc1ccc(Cl)cc1)C2. The lowest BCUT2D eigenvalue weighted by atomic mass is 9.72. The highest BCUT2D eigenvalue weighted by atomic mass is 79.9. The van der Waals surface area contributed by atoms with E-state index in [1.807, 2.05) is 47.4 Å². The Labute approximate surface area is 180 Å². The first kappa shape index (κ1) is 19.7. The Balaban J connectivity index is 1.24. The Morgan fingerprint density at radius 3 is 2.32 bits per heavy atom. The third kappa shape index (κ3) is 4.68. The molecule has 2 fully saturated rings. The van der Waals surface area contributed by atoms with Crippen molar-refractivity contribution < 1.29 is 4.79 Å². The second kappa shape index (κ2) is 8.40. The number of hydrogen-bond donors (Lipinski definition) is 0. The molecule has 0 aromatic heterocycles. The Kier molecular flexibility index (Phi) is 5.91. The normalized spacial score (nSPS) is 19.1. The number of benzene rings is 2. The second-order valence-electron chi connectivity index (χ2n) is 7.98. The molecule has 2 aliphatic rings. The fourth-order valence-corrected chi connectivity index (χ4v) is 4.62. The molecule has 2 aromatic rings. The average Bonchev–Trinajstić information content (AvgIpc) is 2.68. The summed E-state index contributed by atoms with van der Waals surface area (Å²) in [6, 6.07) is 16.1. The van der Waals surface area contributed by atoms with Crippen LogP contribution in [0.25, 0.3) is 6.08 Å². The fourth-order valence-electron chi connectivity index (χ4n) is 4.23. The Morgan fingerprint density at radius 2 is 1.68 bits per heavy atom. The summed E-state index contributed by atoms with van der Waals surface area (Å²) < 4.78 is 1.04. The molecule has 2 saturated heterocycles. The zero-order chi connectivity index (χ0) is 19.6. The number of hydrogen-bond acceptors (Lipinski definition) is 2. The summed E-state index contributed by atoms with van der Waals surface area (Å²) in [5.74, 6) is 0.120. The van der Waals surface area contributed by atoms with Gasteiger partial charge in [-0.05, 0) is 59.7 Å². The smallest absolute Gasteiger partial charge is 0.246 e. The van der Waals surface area contributed by atoms with Crippen LogP contribution in [0.1, 0.15) is 24.0 Å². The number of likely N-dealkylation sites (tertiary alicyclic amines) is 2. The lowest BCUT2D eigenvalue weighted by molar-refractivity contribution is -0.131. The highest BCUT2D eigenvalue weighted by Crippen LogP contribution is 2.41. The van der Waals surface area contributed by atoms with Gasteiger partial charge in [0.05, 0.1) is 0 Å². The van der Waals surface area contributed by atoms with Crippen molar-refractivity contribution >= 4 is 39.5 Å². The van der Waals surface area contributed by atoms with Crippen LogP contribution in [0.3, 0.4) is 0 Å². The predicted molar refractivity (Wildman–Crippen MR) is 118 cm³/mol. The van der Waals surface area contributed by atoms with Crippen LogP contribution in [-0.2, 0) is 11.3 Å². The lowest BCUT2D eigenvalue weighted by Gasteiger charge is -2.54. The molecule has 4 rings (SSSR count). The van der Waals surface area contributed by atoms with Crippen molar-refractivity contribution in [2.45, 2.75) is 19.4 Å². The first-order valence-electron chi connectivity index (χ1n) is 9.71. The van der Waals surface area contributed by atoms with Gasteiger partial charge in [0, 0.05) is 48.3 Å². The maximum atomic E-state index is 12.5. The van der Waals surface area contributed by atoms with Gasteiger partial charge in [0.25, 0.3) is 0 Å². The fraction of sp³-hybridized carbons (Fsp3) is 0.348. The van der Waals surface area contributed by atoms with Crippen LogP contribution in [0, 0.1) is 5.41 Å². The molecule has 2 aromatic carbocycles. The van der Waals surface area contributed by atoms with Gasteiger partial charge < -0.3 is 4.90 Å². The monoisotopic (exact) mass is 458 g/mol. The quantitative estimate of drug-likeness (QED) is 0.584. The molecule has 1 amide bonds. The topological polar surface area (TPSA) is 23.6 Å². The summed E-state index contributed by atoms with van der Waals surface area (Å²) in [5, 5.41) is 0.787. The van der Waals surface area contributed by atoms with Gasteiger partial charge in [-0.15, -0.1) is 0 Å². The van der Waals surface area contributed by atoms with E-state index in [9.17, 15) is 4.79 Å². The van der Waals surface area contributed by atoms with Crippen LogP contribution >= 0.6 is 27.5 Å². The predicted octanol–water partition coefficient (Wildman–Crippen LogP) is 5.24. The van der Waals surface area contributed by atoms with Gasteiger partial charge in [-0.1, -0.05) is 51.8 Å². The van der Waals surface area contributed by atoms with E-state index in [0.29, 0.717) is 5.41 Å². The van der Waals surface area contributed by atoms with E-state index in [1.165, 1.54) is 5.56 Å². The summed E-state index contributed by atoms with van der Waals surface area (Å²) in [6.45, 7) is 4.97. The van der Waals surface area contributed by atoms with Crippen LogP contribution in [0.2, 0.25) is 5.02 Å². The van der Waals surface area contributed by atoms with E-state index in [2.05, 4.69) is 33.0 Å². The summed E-state index contributed by atoms with van der Waals surface area (Å²) in [7, 11) is 0. The van der Waals surface area contributed by atoms with Gasteiger partial charge in [-0.2, -0.15) is 0 Å². The molecule has 0 N–H and O–H groups in total. The third-order valence-electron chi connectivity index (χ3n) is 5.86. The first-order chi connectivity index (χ1) is 13.5. The lowest BCUT2D eigenvalue weighted by Crippen LogP contribution is -2.60. The molecule has 0 saturated carbocycles. The van der Waals surface area contributed by atoms with E-state index in [1.54, 1.807) is 6.08 Å². The van der Waals surface area contributed by atoms with Crippen molar-refractivity contribution in [3.8, 4) is 0 Å². The standard InChI is InChI=1S/C23H24BrClN2O/c24-20-6-1-18(2-7-20)5-10-22(28)27-13-11-23(12-14-27)16-26(17-23)15-19-3-8-21(25)9-4-19/h1-10H,11-17H2/b10-5+. The molecule has 28 heavy (non-hydrogen) atoms. The zero-order valence-electron chi connectivity index (χ0n) is 15.8. The van der Waals surface area contributed by atoms with Crippen LogP contribution in [0.4, 0.5) is 0 Å². The van der Waals surface area contributed by atoms with Gasteiger partial charge in [0.15, 0.2) is 0 Å². The van der Waals surface area contributed by atoms with E-state index in [4.69, 9.17) is 11.6 Å². The molecule has 0 aliphatic carbocycles. The third-order valence-corrected chi connectivity index (χ3v) is 6.64. The maximum Gasteiger partial charge on any atom is 0.246 e. The Morgan fingerprint density at radius 1 is 1.04 bits per heavy atom. The molecule has 0 bridgehead atoms. The van der Waals surface area contributed by atoms with E-state index >= 15 is 0 Å². The Hall–Kier alpha value is -1.62. The van der Waals surface area contributed by atoms with Crippen molar-refractivity contribution in [1.82, 2.24) is 9.80 Å². The van der Waals surface area contributed by atoms with Crippen LogP contribution in [0.15, 0.2) is 59.1 Å². The second-order valence-corrected chi connectivity index (χ2v) is 9.33. The van der Waals surface area contributed by atoms with Crippen LogP contribution in [-0.4, -0.2) is 41.9 Å². The van der Waals surface area contributed by atoms with E-state index in [-0.39, 0.29) is 5.91 Å². The number of rotatable bonds is 4. The number of carbonyl (C=O) groups excluding carboxylic acids is 1. The highest BCUT2D eigenvalue weighted by Gasteiger charge is 2.44. The van der Waals surface area contributed by atoms with Gasteiger partial charge in [0.2, 0.25) is 5.91 Å². The molecule has 2 heterocycles. The van der Waals surface area contributed by atoms with Crippen molar-refractivity contribution in [3.63, 3.8) is 0 Å². The maximum absolute atomic E-state index is 12.5. The molecule has 0 unspecified atom stereocenters. The van der Waals surface area contributed by atoms with Gasteiger partial charge >= 0.3 is 0 Å². The van der Waals surface area contributed by atoms with Gasteiger partial charge in [-0.3, -0.25) is 9.69 Å². The number of halogens is 2. The zero-order valence-corrected chi connectivity index (χ0v) is 18.1.